The fourth-order valence-corrected chi connectivity index (χ4v) is 3.15. The van der Waals surface area contributed by atoms with Crippen molar-refractivity contribution in [2.45, 2.75) is 6.04 Å². The van der Waals surface area contributed by atoms with Crippen LogP contribution >= 0.6 is 31.9 Å². The largest absolute Gasteiger partial charge is 0.506 e. The summed E-state index contributed by atoms with van der Waals surface area (Å²) >= 11 is 6.68. The average molecular weight is 382 g/mol. The van der Waals surface area contributed by atoms with E-state index < -0.39 is 12.7 Å². The highest BCUT2D eigenvalue weighted by atomic mass is 79.9. The zero-order chi connectivity index (χ0) is 13.1. The van der Waals surface area contributed by atoms with Gasteiger partial charge in [0, 0.05) is 36.2 Å². The normalized spacial score (nSPS) is 18.8. The van der Waals surface area contributed by atoms with Gasteiger partial charge in [-0.25, -0.2) is 4.39 Å². The van der Waals surface area contributed by atoms with Gasteiger partial charge < -0.3 is 10.4 Å². The molecule has 1 fully saturated rings. The van der Waals surface area contributed by atoms with Crippen LogP contribution in [-0.2, 0) is 0 Å². The zero-order valence-electron chi connectivity index (χ0n) is 9.80. The molecule has 0 unspecified atom stereocenters. The van der Waals surface area contributed by atoms with Gasteiger partial charge in [0.1, 0.15) is 12.4 Å². The van der Waals surface area contributed by atoms with Gasteiger partial charge in [-0.3, -0.25) is 4.90 Å². The fourth-order valence-electron chi connectivity index (χ4n) is 2.22. The lowest BCUT2D eigenvalue weighted by molar-refractivity contribution is 0.144. The van der Waals surface area contributed by atoms with Crippen LogP contribution in [0.25, 0.3) is 0 Å². The highest BCUT2D eigenvalue weighted by molar-refractivity contribution is 9.11. The van der Waals surface area contributed by atoms with E-state index in [4.69, 9.17) is 0 Å². The Balaban J connectivity index is 2.34. The summed E-state index contributed by atoms with van der Waals surface area (Å²) in [6, 6.07) is 3.17. The minimum absolute atomic E-state index is 0.116. The monoisotopic (exact) mass is 380 g/mol. The van der Waals surface area contributed by atoms with Gasteiger partial charge in [0.15, 0.2) is 0 Å². The van der Waals surface area contributed by atoms with E-state index in [1.54, 1.807) is 6.07 Å². The number of hydrogen-bond donors (Lipinski definition) is 2. The van der Waals surface area contributed by atoms with Crippen molar-refractivity contribution >= 4 is 31.9 Å². The fraction of sp³-hybridized carbons (Fsp3) is 0.500. The minimum Gasteiger partial charge on any atom is -0.506 e. The Bertz CT molecular complexity index is 425. The van der Waals surface area contributed by atoms with E-state index in [1.165, 1.54) is 0 Å². The molecular formula is C12H15Br2FN2O. The number of benzene rings is 1. The summed E-state index contributed by atoms with van der Waals surface area (Å²) in [5, 5.41) is 13.4. The van der Waals surface area contributed by atoms with E-state index in [0.717, 1.165) is 30.7 Å². The maximum atomic E-state index is 13.4. The molecule has 100 valence electrons. The van der Waals surface area contributed by atoms with Crippen LogP contribution in [0, 0.1) is 0 Å². The Hall–Kier alpha value is -0.170. The standard InChI is InChI=1S/C12H15Br2FN2O/c13-8-1-2-9(14)12(18)11(8)10(7-15)17-5-3-16-4-6-17/h1-2,10,16,18H,3-7H2/t10-/m0/s1. The van der Waals surface area contributed by atoms with E-state index in [0.29, 0.717) is 10.0 Å². The number of hydrogen-bond acceptors (Lipinski definition) is 3. The lowest BCUT2D eigenvalue weighted by Gasteiger charge is -2.34. The summed E-state index contributed by atoms with van der Waals surface area (Å²) in [4.78, 5) is 2.06. The van der Waals surface area contributed by atoms with Gasteiger partial charge in [-0.15, -0.1) is 0 Å². The number of alkyl halides is 1. The number of phenols is 1. The number of piperazine rings is 1. The molecule has 1 aliphatic heterocycles. The van der Waals surface area contributed by atoms with Gasteiger partial charge in [0.2, 0.25) is 0 Å². The summed E-state index contributed by atoms with van der Waals surface area (Å²) in [6.07, 6.45) is 0. The molecule has 1 aromatic carbocycles. The average Bonchev–Trinajstić information content (AvgIpc) is 2.40. The maximum Gasteiger partial charge on any atom is 0.135 e. The van der Waals surface area contributed by atoms with Gasteiger partial charge in [-0.2, -0.15) is 0 Å². The second-order valence-electron chi connectivity index (χ2n) is 4.25. The van der Waals surface area contributed by atoms with Crippen molar-refractivity contribution in [3.05, 3.63) is 26.6 Å². The van der Waals surface area contributed by atoms with Crippen LogP contribution < -0.4 is 5.32 Å². The summed E-state index contributed by atoms with van der Waals surface area (Å²) in [5.41, 5.74) is 0.619. The minimum atomic E-state index is -0.511. The molecular weight excluding hydrogens is 367 g/mol. The van der Waals surface area contributed by atoms with E-state index in [1.807, 2.05) is 6.07 Å². The first-order valence-corrected chi connectivity index (χ1v) is 7.41. The van der Waals surface area contributed by atoms with E-state index in [2.05, 4.69) is 42.1 Å². The first-order valence-electron chi connectivity index (χ1n) is 5.82. The molecule has 18 heavy (non-hydrogen) atoms. The SMILES string of the molecule is Oc1c(Br)ccc(Br)c1[C@H](CF)N1CCNCC1. The number of nitrogens with one attached hydrogen (secondary N) is 1. The van der Waals surface area contributed by atoms with Crippen LogP contribution in [0.15, 0.2) is 21.1 Å². The predicted molar refractivity (Wildman–Crippen MR) is 76.7 cm³/mol. The molecule has 0 saturated carbocycles. The summed E-state index contributed by atoms with van der Waals surface area (Å²) in [5.74, 6) is 0.116. The number of aromatic hydroxyl groups is 1. The van der Waals surface area contributed by atoms with Gasteiger partial charge >= 0.3 is 0 Å². The van der Waals surface area contributed by atoms with Crippen molar-refractivity contribution < 1.29 is 9.50 Å². The van der Waals surface area contributed by atoms with Crippen molar-refractivity contribution in [2.75, 3.05) is 32.9 Å². The number of phenolic OH excluding ortho intramolecular Hbond substituents is 1. The second-order valence-corrected chi connectivity index (χ2v) is 5.96. The van der Waals surface area contributed by atoms with Crippen LogP contribution in [0.1, 0.15) is 11.6 Å². The Morgan fingerprint density at radius 2 is 1.89 bits per heavy atom. The molecule has 6 heteroatoms. The molecule has 1 aromatic rings. The Labute approximate surface area is 123 Å². The van der Waals surface area contributed by atoms with Crippen LogP contribution in [0.4, 0.5) is 4.39 Å². The third-order valence-electron chi connectivity index (χ3n) is 3.19. The maximum absolute atomic E-state index is 13.4. The van der Waals surface area contributed by atoms with Gasteiger partial charge in [-0.1, -0.05) is 15.9 Å². The lowest BCUT2D eigenvalue weighted by Crippen LogP contribution is -2.45. The number of halogens is 3. The van der Waals surface area contributed by atoms with E-state index in [9.17, 15) is 9.50 Å². The van der Waals surface area contributed by atoms with Gasteiger partial charge in [0.05, 0.1) is 10.5 Å². The van der Waals surface area contributed by atoms with Crippen LogP contribution in [-0.4, -0.2) is 42.9 Å². The van der Waals surface area contributed by atoms with E-state index >= 15 is 0 Å². The third-order valence-corrected chi connectivity index (χ3v) is 4.52. The predicted octanol–water partition coefficient (Wildman–Crippen LogP) is 2.83. The Kier molecular flexibility index (Phi) is 5.00. The Morgan fingerprint density at radius 3 is 2.50 bits per heavy atom. The van der Waals surface area contributed by atoms with Crippen molar-refractivity contribution in [2.24, 2.45) is 0 Å². The zero-order valence-corrected chi connectivity index (χ0v) is 13.0. The van der Waals surface area contributed by atoms with Gasteiger partial charge in [-0.05, 0) is 28.1 Å². The third kappa shape index (κ3) is 2.87. The molecule has 0 amide bonds. The topological polar surface area (TPSA) is 35.5 Å². The summed E-state index contributed by atoms with van der Waals surface area (Å²) in [6.45, 7) is 2.76. The van der Waals surface area contributed by atoms with Crippen molar-refractivity contribution in [3.63, 3.8) is 0 Å². The number of nitrogens with zero attached hydrogens (tertiary/aromatic N) is 1. The van der Waals surface area contributed by atoms with Crippen LogP contribution in [0.3, 0.4) is 0 Å². The molecule has 0 radical (unpaired) electrons. The second kappa shape index (κ2) is 6.32. The molecule has 2 rings (SSSR count). The van der Waals surface area contributed by atoms with Gasteiger partial charge in [0.25, 0.3) is 0 Å². The molecule has 1 atom stereocenters. The summed E-state index contributed by atoms with van der Waals surface area (Å²) in [7, 11) is 0. The molecule has 3 nitrogen and oxygen atoms in total. The lowest BCUT2D eigenvalue weighted by atomic mass is 10.0. The first kappa shape index (κ1) is 14.2. The molecule has 1 aliphatic rings. The molecule has 1 saturated heterocycles. The molecule has 0 bridgehead atoms. The van der Waals surface area contributed by atoms with Crippen molar-refractivity contribution in [1.29, 1.82) is 0 Å². The van der Waals surface area contributed by atoms with E-state index in [-0.39, 0.29) is 5.75 Å². The van der Waals surface area contributed by atoms with Crippen molar-refractivity contribution in [1.82, 2.24) is 10.2 Å². The van der Waals surface area contributed by atoms with Crippen LogP contribution in [0.2, 0.25) is 0 Å². The molecule has 0 spiro atoms. The number of rotatable bonds is 3. The molecule has 0 aliphatic carbocycles. The summed E-state index contributed by atoms with van der Waals surface area (Å²) < 4.78 is 14.7. The molecule has 1 heterocycles. The smallest absolute Gasteiger partial charge is 0.135 e. The molecule has 0 aromatic heterocycles. The highest BCUT2D eigenvalue weighted by Gasteiger charge is 2.27. The quantitative estimate of drug-likeness (QED) is 0.845. The first-order chi connectivity index (χ1) is 8.65. The Morgan fingerprint density at radius 1 is 1.28 bits per heavy atom. The van der Waals surface area contributed by atoms with Crippen molar-refractivity contribution in [3.8, 4) is 5.75 Å². The van der Waals surface area contributed by atoms with Crippen LogP contribution in [0.5, 0.6) is 5.75 Å². The highest BCUT2D eigenvalue weighted by Crippen LogP contribution is 2.39. The molecule has 2 N–H and O–H groups in total.